The lowest BCUT2D eigenvalue weighted by Crippen LogP contribution is -2.30. The zero-order valence-electron chi connectivity index (χ0n) is 14.5. The first kappa shape index (κ1) is 17.7. The first-order valence-corrected chi connectivity index (χ1v) is 8.48. The van der Waals surface area contributed by atoms with Crippen LogP contribution >= 0.6 is 12.2 Å². The van der Waals surface area contributed by atoms with Crippen molar-refractivity contribution < 1.29 is 23.9 Å². The zero-order valence-corrected chi connectivity index (χ0v) is 15.3. The van der Waals surface area contributed by atoms with Crippen LogP contribution in [0.1, 0.15) is 5.56 Å². The molecule has 0 aliphatic carbocycles. The van der Waals surface area contributed by atoms with Crippen molar-refractivity contribution in [3.05, 3.63) is 57.8 Å². The fourth-order valence-corrected chi connectivity index (χ4v) is 3.24. The molecule has 0 unspecified atom stereocenters. The summed E-state index contributed by atoms with van der Waals surface area (Å²) in [6.07, 6.45) is 1.37. The third kappa shape index (κ3) is 2.89. The topological polar surface area (TPSA) is 103 Å². The molecule has 0 bridgehead atoms. The number of nitrogens with one attached hydrogen (secondary N) is 1. The second-order valence-corrected chi connectivity index (χ2v) is 6.21. The van der Waals surface area contributed by atoms with Crippen LogP contribution < -0.4 is 24.4 Å². The quantitative estimate of drug-likeness (QED) is 0.362. The number of para-hydroxylation sites is 2. The lowest BCUT2D eigenvalue weighted by atomic mass is 10.1. The maximum absolute atomic E-state index is 12.9. The number of carbonyl (C=O) groups is 1. The van der Waals surface area contributed by atoms with Crippen molar-refractivity contribution in [2.45, 2.75) is 0 Å². The van der Waals surface area contributed by atoms with Crippen molar-refractivity contribution >= 4 is 40.7 Å². The highest BCUT2D eigenvalue weighted by Gasteiger charge is 2.34. The van der Waals surface area contributed by atoms with Gasteiger partial charge in [-0.05, 0) is 36.5 Å². The average Bonchev–Trinajstić information content (AvgIpc) is 3.24. The molecule has 0 radical (unpaired) electrons. The summed E-state index contributed by atoms with van der Waals surface area (Å²) < 4.78 is 15.7. The average molecular weight is 399 g/mol. The maximum Gasteiger partial charge on any atom is 0.281 e. The van der Waals surface area contributed by atoms with Crippen molar-refractivity contribution in [1.29, 1.82) is 0 Å². The third-order valence-electron chi connectivity index (χ3n) is 4.22. The minimum absolute atomic E-state index is 0.0185. The van der Waals surface area contributed by atoms with E-state index in [9.17, 15) is 14.9 Å². The largest absolute Gasteiger partial charge is 0.495 e. The summed E-state index contributed by atoms with van der Waals surface area (Å²) >= 11 is 5.28. The summed E-state index contributed by atoms with van der Waals surface area (Å²) in [5, 5.41) is 14.4. The van der Waals surface area contributed by atoms with E-state index in [4.69, 9.17) is 26.4 Å². The van der Waals surface area contributed by atoms with E-state index in [1.807, 2.05) is 0 Å². The van der Waals surface area contributed by atoms with Gasteiger partial charge < -0.3 is 19.5 Å². The van der Waals surface area contributed by atoms with Crippen molar-refractivity contribution in [3.8, 4) is 17.2 Å². The zero-order chi connectivity index (χ0) is 19.8. The number of fused-ring (bicyclic) bond motifs is 1. The molecule has 142 valence electrons. The van der Waals surface area contributed by atoms with Crippen LogP contribution in [0.3, 0.4) is 0 Å². The van der Waals surface area contributed by atoms with Gasteiger partial charge in [-0.25, -0.2) is 4.90 Å². The number of ether oxygens (including phenoxy) is 3. The summed E-state index contributed by atoms with van der Waals surface area (Å²) in [5.41, 5.74) is 0.539. The van der Waals surface area contributed by atoms with Gasteiger partial charge in [0.1, 0.15) is 11.4 Å². The number of methoxy groups -OCH3 is 1. The summed E-state index contributed by atoms with van der Waals surface area (Å²) in [6, 6.07) is 9.64. The first-order valence-electron chi connectivity index (χ1n) is 8.08. The fraction of sp³-hybridized carbons (Fsp3) is 0.111. The van der Waals surface area contributed by atoms with Crippen LogP contribution in [0.15, 0.2) is 42.1 Å². The highest BCUT2D eigenvalue weighted by Crippen LogP contribution is 2.39. The number of benzene rings is 2. The van der Waals surface area contributed by atoms with Gasteiger partial charge in [-0.15, -0.1) is 0 Å². The van der Waals surface area contributed by atoms with E-state index < -0.39 is 10.8 Å². The van der Waals surface area contributed by atoms with E-state index >= 15 is 0 Å². The molecule has 0 aromatic heterocycles. The first-order chi connectivity index (χ1) is 13.5. The molecule has 1 amide bonds. The van der Waals surface area contributed by atoms with Gasteiger partial charge in [-0.2, -0.15) is 0 Å². The predicted octanol–water partition coefficient (Wildman–Crippen LogP) is 2.59. The van der Waals surface area contributed by atoms with Crippen LogP contribution in [0.2, 0.25) is 0 Å². The molecule has 1 N–H and O–H groups in total. The number of thiocarbonyl (C=S) groups is 1. The molecule has 2 aliphatic heterocycles. The molecule has 4 rings (SSSR count). The van der Waals surface area contributed by atoms with Gasteiger partial charge in [-0.3, -0.25) is 14.9 Å². The molecule has 2 aromatic carbocycles. The Morgan fingerprint density at radius 2 is 2.00 bits per heavy atom. The Labute approximate surface area is 164 Å². The normalized spacial score (nSPS) is 16.5. The predicted molar refractivity (Wildman–Crippen MR) is 103 cm³/mol. The Morgan fingerprint density at radius 3 is 2.71 bits per heavy atom. The highest BCUT2D eigenvalue weighted by atomic mass is 32.1. The summed E-state index contributed by atoms with van der Waals surface area (Å²) in [5.74, 6) is 0.662. The molecule has 0 atom stereocenters. The van der Waals surface area contributed by atoms with Gasteiger partial charge in [0.2, 0.25) is 6.79 Å². The molecule has 1 saturated heterocycles. The van der Waals surface area contributed by atoms with E-state index in [1.54, 1.807) is 24.3 Å². The molecular formula is C18H13N3O6S. The summed E-state index contributed by atoms with van der Waals surface area (Å²) in [4.78, 5) is 25.1. The molecule has 9 nitrogen and oxygen atoms in total. The van der Waals surface area contributed by atoms with Crippen molar-refractivity contribution in [1.82, 2.24) is 5.32 Å². The van der Waals surface area contributed by atoms with Crippen LogP contribution in [-0.4, -0.2) is 29.8 Å². The van der Waals surface area contributed by atoms with Gasteiger partial charge in [0, 0.05) is 0 Å². The minimum Gasteiger partial charge on any atom is -0.495 e. The number of hydrogen-bond donors (Lipinski definition) is 1. The third-order valence-corrected chi connectivity index (χ3v) is 4.51. The van der Waals surface area contributed by atoms with Crippen LogP contribution in [0, 0.1) is 10.1 Å². The van der Waals surface area contributed by atoms with Gasteiger partial charge >= 0.3 is 0 Å². The van der Waals surface area contributed by atoms with Gasteiger partial charge in [0.25, 0.3) is 11.6 Å². The number of amides is 1. The maximum atomic E-state index is 12.9. The number of hydrogen-bond acceptors (Lipinski definition) is 7. The van der Waals surface area contributed by atoms with Crippen LogP contribution in [-0.2, 0) is 4.79 Å². The number of nitrogens with zero attached hydrogens (tertiary/aromatic N) is 2. The second-order valence-electron chi connectivity index (χ2n) is 5.82. The molecule has 2 aliphatic rings. The molecule has 28 heavy (non-hydrogen) atoms. The molecular weight excluding hydrogens is 386 g/mol. The molecule has 2 heterocycles. The number of anilines is 1. The summed E-state index contributed by atoms with van der Waals surface area (Å²) in [7, 11) is 1.49. The monoisotopic (exact) mass is 399 g/mol. The number of carbonyl (C=O) groups excluding carboxylic acids is 1. The number of nitro groups is 1. The number of nitro benzene ring substituents is 1. The smallest absolute Gasteiger partial charge is 0.281 e. The minimum atomic E-state index is -0.551. The van der Waals surface area contributed by atoms with E-state index in [1.165, 1.54) is 30.2 Å². The van der Waals surface area contributed by atoms with Crippen molar-refractivity contribution in [2.24, 2.45) is 0 Å². The lowest BCUT2D eigenvalue weighted by Gasteiger charge is -2.17. The molecule has 0 spiro atoms. The Bertz CT molecular complexity index is 1050. The van der Waals surface area contributed by atoms with E-state index in [0.29, 0.717) is 17.2 Å². The fourth-order valence-electron chi connectivity index (χ4n) is 2.94. The Morgan fingerprint density at radius 1 is 1.29 bits per heavy atom. The molecule has 0 saturated carbocycles. The van der Waals surface area contributed by atoms with Crippen molar-refractivity contribution in [2.75, 3.05) is 18.8 Å². The number of rotatable bonds is 4. The lowest BCUT2D eigenvalue weighted by molar-refractivity contribution is -0.385. The van der Waals surface area contributed by atoms with E-state index in [-0.39, 0.29) is 34.6 Å². The Kier molecular flexibility index (Phi) is 4.32. The van der Waals surface area contributed by atoms with Gasteiger partial charge in [-0.1, -0.05) is 12.1 Å². The molecule has 2 aromatic rings. The van der Waals surface area contributed by atoms with E-state index in [0.717, 1.165) is 0 Å². The molecule has 1 fully saturated rings. The summed E-state index contributed by atoms with van der Waals surface area (Å²) in [6.45, 7) is -0.0185. The SMILES string of the molecule is COc1ccccc1N1C(=O)/C(=C\c2cc3c(cc2[N+](=O)[O-])OCO3)NC1=S. The van der Waals surface area contributed by atoms with Crippen molar-refractivity contribution in [3.63, 3.8) is 0 Å². The van der Waals surface area contributed by atoms with Crippen LogP contribution in [0.5, 0.6) is 17.2 Å². The van der Waals surface area contributed by atoms with Gasteiger partial charge in [0.05, 0.1) is 29.4 Å². The van der Waals surface area contributed by atoms with Crippen LogP contribution in [0.4, 0.5) is 11.4 Å². The van der Waals surface area contributed by atoms with Crippen LogP contribution in [0.25, 0.3) is 6.08 Å². The molecule has 10 heteroatoms. The van der Waals surface area contributed by atoms with E-state index in [2.05, 4.69) is 5.32 Å². The second kappa shape index (κ2) is 6.82. The highest BCUT2D eigenvalue weighted by molar-refractivity contribution is 7.80. The Hall–Kier alpha value is -3.66. The standard InChI is InChI=1S/C18H13N3O6S/c1-25-14-5-3-2-4-12(14)20-17(22)11(19-18(20)28)6-10-7-15-16(27-9-26-15)8-13(10)21(23)24/h2-8H,9H2,1H3,(H,19,28)/b11-6+. The Balaban J connectivity index is 1.75. The van der Waals surface area contributed by atoms with Gasteiger partial charge in [0.15, 0.2) is 16.6 Å².